The van der Waals surface area contributed by atoms with Crippen LogP contribution in [0.5, 0.6) is 0 Å². The highest BCUT2D eigenvalue weighted by molar-refractivity contribution is 6.30. The van der Waals surface area contributed by atoms with E-state index in [4.69, 9.17) is 16.3 Å². The van der Waals surface area contributed by atoms with E-state index in [-0.39, 0.29) is 12.5 Å². The molecule has 0 aliphatic heterocycles. The van der Waals surface area contributed by atoms with E-state index >= 15 is 0 Å². The summed E-state index contributed by atoms with van der Waals surface area (Å²) in [5.74, 6) is -0.956. The van der Waals surface area contributed by atoms with Crippen molar-refractivity contribution in [2.75, 3.05) is 6.61 Å². The summed E-state index contributed by atoms with van der Waals surface area (Å²) in [7, 11) is 0. The number of amides is 1. The van der Waals surface area contributed by atoms with Crippen LogP contribution in [0.3, 0.4) is 0 Å². The summed E-state index contributed by atoms with van der Waals surface area (Å²) in [4.78, 5) is 29.6. The fourth-order valence-electron chi connectivity index (χ4n) is 3.16. The molecule has 4 rings (SSSR count). The molecule has 31 heavy (non-hydrogen) atoms. The van der Waals surface area contributed by atoms with E-state index in [1.165, 1.54) is 0 Å². The van der Waals surface area contributed by atoms with Gasteiger partial charge in [-0.1, -0.05) is 72.3 Å². The first-order valence-electron chi connectivity index (χ1n) is 9.73. The number of aromatic nitrogens is 1. The van der Waals surface area contributed by atoms with Gasteiger partial charge in [0.1, 0.15) is 0 Å². The standard InChI is InChI=1S/C25H19ClN2O3/c26-19-12-10-17(11-13-19)15-27-24(29)16-31-25(30)21-14-23(18-6-2-1-3-7-18)28-22-9-5-4-8-20(21)22/h1-14H,15-16H2,(H,27,29). The predicted octanol–water partition coefficient (Wildman–Crippen LogP) is 5.03. The number of esters is 1. The molecule has 1 aromatic heterocycles. The van der Waals surface area contributed by atoms with Gasteiger partial charge in [0.15, 0.2) is 6.61 Å². The Morgan fingerprint density at radius 1 is 0.903 bits per heavy atom. The predicted molar refractivity (Wildman–Crippen MR) is 121 cm³/mol. The zero-order valence-electron chi connectivity index (χ0n) is 16.5. The zero-order valence-corrected chi connectivity index (χ0v) is 17.3. The van der Waals surface area contributed by atoms with Crippen molar-refractivity contribution in [1.29, 1.82) is 0 Å². The average Bonchev–Trinajstić information content (AvgIpc) is 2.82. The highest BCUT2D eigenvalue weighted by Crippen LogP contribution is 2.25. The van der Waals surface area contributed by atoms with Crippen molar-refractivity contribution >= 4 is 34.4 Å². The minimum absolute atomic E-state index is 0.323. The Morgan fingerprint density at radius 2 is 1.61 bits per heavy atom. The van der Waals surface area contributed by atoms with Gasteiger partial charge < -0.3 is 10.1 Å². The SMILES string of the molecule is O=C(COC(=O)c1cc(-c2ccccc2)nc2ccccc12)NCc1ccc(Cl)cc1. The molecule has 0 aliphatic rings. The molecule has 0 fully saturated rings. The Kier molecular flexibility index (Phi) is 6.24. The summed E-state index contributed by atoms with van der Waals surface area (Å²) >= 11 is 5.86. The maximum Gasteiger partial charge on any atom is 0.339 e. The molecule has 3 aromatic carbocycles. The van der Waals surface area contributed by atoms with Gasteiger partial charge in [0.05, 0.1) is 16.8 Å². The van der Waals surface area contributed by atoms with Gasteiger partial charge in [0.2, 0.25) is 0 Å². The average molecular weight is 431 g/mol. The van der Waals surface area contributed by atoms with Crippen LogP contribution >= 0.6 is 11.6 Å². The number of halogens is 1. The topological polar surface area (TPSA) is 68.3 Å². The first kappa shape index (κ1) is 20.6. The third kappa shape index (κ3) is 5.08. The summed E-state index contributed by atoms with van der Waals surface area (Å²) in [5, 5.41) is 4.03. The van der Waals surface area contributed by atoms with Crippen molar-refractivity contribution in [1.82, 2.24) is 10.3 Å². The molecule has 0 spiro atoms. The Labute approximate surface area is 184 Å². The monoisotopic (exact) mass is 430 g/mol. The van der Waals surface area contributed by atoms with E-state index in [0.717, 1.165) is 11.1 Å². The van der Waals surface area contributed by atoms with Gasteiger partial charge in [0.25, 0.3) is 5.91 Å². The number of benzene rings is 3. The molecule has 0 unspecified atom stereocenters. The van der Waals surface area contributed by atoms with Crippen LogP contribution in [-0.4, -0.2) is 23.5 Å². The number of fused-ring (bicyclic) bond motifs is 1. The number of pyridine rings is 1. The quantitative estimate of drug-likeness (QED) is 0.436. The molecular weight excluding hydrogens is 412 g/mol. The van der Waals surface area contributed by atoms with Gasteiger partial charge in [-0.15, -0.1) is 0 Å². The number of nitrogens with zero attached hydrogens (tertiary/aromatic N) is 1. The maximum absolute atomic E-state index is 12.8. The van der Waals surface area contributed by atoms with Crippen LogP contribution in [0.2, 0.25) is 5.02 Å². The summed E-state index contributed by atoms with van der Waals surface area (Å²) in [6.07, 6.45) is 0. The minimum atomic E-state index is -0.572. The highest BCUT2D eigenvalue weighted by atomic mass is 35.5. The van der Waals surface area contributed by atoms with Gasteiger partial charge in [-0.25, -0.2) is 9.78 Å². The van der Waals surface area contributed by atoms with E-state index < -0.39 is 5.97 Å². The van der Waals surface area contributed by atoms with Crippen molar-refractivity contribution in [3.63, 3.8) is 0 Å². The van der Waals surface area contributed by atoms with Gasteiger partial charge in [-0.2, -0.15) is 0 Å². The highest BCUT2D eigenvalue weighted by Gasteiger charge is 2.16. The molecule has 0 bridgehead atoms. The van der Waals surface area contributed by atoms with Crippen molar-refractivity contribution in [2.45, 2.75) is 6.54 Å². The van der Waals surface area contributed by atoms with Crippen LogP contribution in [0, 0.1) is 0 Å². The van der Waals surface area contributed by atoms with Gasteiger partial charge >= 0.3 is 5.97 Å². The second-order valence-electron chi connectivity index (χ2n) is 6.92. The van der Waals surface area contributed by atoms with E-state index in [2.05, 4.69) is 10.3 Å². The van der Waals surface area contributed by atoms with Crippen molar-refractivity contribution in [3.05, 3.63) is 101 Å². The lowest BCUT2D eigenvalue weighted by atomic mass is 10.0. The zero-order chi connectivity index (χ0) is 21.6. The second-order valence-corrected chi connectivity index (χ2v) is 7.35. The second kappa shape index (κ2) is 9.41. The van der Waals surface area contributed by atoms with Gasteiger partial charge in [-0.3, -0.25) is 4.79 Å². The van der Waals surface area contributed by atoms with Crippen molar-refractivity contribution < 1.29 is 14.3 Å². The molecule has 0 saturated carbocycles. The lowest BCUT2D eigenvalue weighted by Gasteiger charge is -2.10. The summed E-state index contributed by atoms with van der Waals surface area (Å²) in [6, 6.07) is 25.8. The number of carbonyl (C=O) groups is 2. The third-order valence-electron chi connectivity index (χ3n) is 4.74. The summed E-state index contributed by atoms with van der Waals surface area (Å²) in [6.45, 7) is -0.0480. The third-order valence-corrected chi connectivity index (χ3v) is 4.99. The molecule has 0 radical (unpaired) electrons. The Bertz CT molecular complexity index is 1220. The molecule has 0 saturated heterocycles. The number of para-hydroxylation sites is 1. The van der Waals surface area contributed by atoms with E-state index in [1.54, 1.807) is 18.2 Å². The first-order valence-corrected chi connectivity index (χ1v) is 10.1. The Balaban J connectivity index is 1.48. The fourth-order valence-corrected chi connectivity index (χ4v) is 3.29. The van der Waals surface area contributed by atoms with Crippen molar-refractivity contribution in [3.8, 4) is 11.3 Å². The van der Waals surface area contributed by atoms with Crippen LogP contribution in [0.1, 0.15) is 15.9 Å². The van der Waals surface area contributed by atoms with Crippen LogP contribution in [-0.2, 0) is 16.1 Å². The van der Waals surface area contributed by atoms with E-state index in [1.807, 2.05) is 66.7 Å². The maximum atomic E-state index is 12.8. The molecule has 1 N–H and O–H groups in total. The molecule has 0 aliphatic carbocycles. The Morgan fingerprint density at radius 3 is 2.39 bits per heavy atom. The van der Waals surface area contributed by atoms with Crippen molar-refractivity contribution in [2.24, 2.45) is 0 Å². The molecule has 0 atom stereocenters. The minimum Gasteiger partial charge on any atom is -0.452 e. The van der Waals surface area contributed by atoms with Crippen LogP contribution < -0.4 is 5.32 Å². The molecular formula is C25H19ClN2O3. The summed E-state index contributed by atoms with van der Waals surface area (Å²) in [5.41, 5.74) is 3.51. The lowest BCUT2D eigenvalue weighted by Crippen LogP contribution is -2.28. The molecule has 6 heteroatoms. The number of hydrogen-bond donors (Lipinski definition) is 1. The number of carbonyl (C=O) groups excluding carboxylic acids is 2. The van der Waals surface area contributed by atoms with E-state index in [9.17, 15) is 9.59 Å². The molecule has 1 amide bonds. The largest absolute Gasteiger partial charge is 0.452 e. The molecule has 1 heterocycles. The fraction of sp³-hybridized carbons (Fsp3) is 0.0800. The molecule has 154 valence electrons. The van der Waals surface area contributed by atoms with Gasteiger partial charge in [0, 0.05) is 22.5 Å². The summed E-state index contributed by atoms with van der Waals surface area (Å²) < 4.78 is 5.30. The van der Waals surface area contributed by atoms with E-state index in [0.29, 0.717) is 33.7 Å². The lowest BCUT2D eigenvalue weighted by molar-refractivity contribution is -0.124. The normalized spacial score (nSPS) is 10.6. The molecule has 4 aromatic rings. The molecule has 5 nitrogen and oxygen atoms in total. The van der Waals surface area contributed by atoms with Crippen LogP contribution in [0.25, 0.3) is 22.2 Å². The number of ether oxygens (including phenoxy) is 1. The van der Waals surface area contributed by atoms with Crippen LogP contribution in [0.4, 0.5) is 0 Å². The smallest absolute Gasteiger partial charge is 0.339 e. The number of nitrogens with one attached hydrogen (secondary N) is 1. The Hall–Kier alpha value is -3.70. The van der Waals surface area contributed by atoms with Crippen LogP contribution in [0.15, 0.2) is 84.9 Å². The first-order chi connectivity index (χ1) is 15.1. The number of rotatable bonds is 6. The number of hydrogen-bond acceptors (Lipinski definition) is 4. The van der Waals surface area contributed by atoms with Gasteiger partial charge in [-0.05, 0) is 29.8 Å².